The summed E-state index contributed by atoms with van der Waals surface area (Å²) in [5.74, 6) is -0.725. The molecular formula is C20H19BrN2O3. The maximum atomic E-state index is 12.6. The molecule has 0 unspecified atom stereocenters. The lowest BCUT2D eigenvalue weighted by atomic mass is 10.1. The number of ketones is 1. The van der Waals surface area contributed by atoms with E-state index in [0.717, 1.165) is 21.5 Å². The smallest absolute Gasteiger partial charge is 0.355 e. The molecule has 0 N–H and O–H groups in total. The number of Topliss-reactive ketones (excluding diaryl/α,β-unsaturated/α-hetero) is 1. The molecule has 0 aliphatic carbocycles. The number of nitrogens with zero attached hydrogens (tertiary/aromatic N) is 2. The normalized spacial score (nSPS) is 10.8. The third kappa shape index (κ3) is 3.51. The summed E-state index contributed by atoms with van der Waals surface area (Å²) in [4.78, 5) is 24.6. The van der Waals surface area contributed by atoms with Gasteiger partial charge in [0.1, 0.15) is 5.69 Å². The Kier molecular flexibility index (Phi) is 5.13. The number of carbonyl (C=O) groups is 2. The van der Waals surface area contributed by atoms with E-state index in [4.69, 9.17) is 4.74 Å². The summed E-state index contributed by atoms with van der Waals surface area (Å²) in [6.07, 6.45) is 1.75. The molecule has 0 fully saturated rings. The van der Waals surface area contributed by atoms with Crippen molar-refractivity contribution in [3.63, 3.8) is 0 Å². The predicted molar refractivity (Wildman–Crippen MR) is 103 cm³/mol. The molecule has 0 aliphatic heterocycles. The number of aromatic nitrogens is 2. The van der Waals surface area contributed by atoms with Crippen LogP contribution in [-0.4, -0.2) is 27.5 Å². The molecule has 0 saturated carbocycles. The summed E-state index contributed by atoms with van der Waals surface area (Å²) in [5, 5.41) is 0. The van der Waals surface area contributed by atoms with Crippen LogP contribution in [0.1, 0.15) is 32.2 Å². The SMILES string of the molecule is Cc1cc(C(=O)COC(=O)c2cccn2C)c(C)n1-c1ccc(Br)cc1. The fraction of sp³-hybridized carbons (Fsp3) is 0.200. The molecule has 6 heteroatoms. The molecule has 5 nitrogen and oxygen atoms in total. The lowest BCUT2D eigenvalue weighted by Gasteiger charge is -2.10. The Bertz CT molecular complexity index is 968. The fourth-order valence-corrected chi connectivity index (χ4v) is 3.25. The molecule has 0 saturated heterocycles. The number of carbonyl (C=O) groups excluding carboxylic acids is 2. The minimum Gasteiger partial charge on any atom is -0.453 e. The van der Waals surface area contributed by atoms with Gasteiger partial charge in [0.2, 0.25) is 5.78 Å². The van der Waals surface area contributed by atoms with E-state index in [1.54, 1.807) is 29.9 Å². The van der Waals surface area contributed by atoms with Crippen LogP contribution in [0.5, 0.6) is 0 Å². The number of benzene rings is 1. The third-order valence-corrected chi connectivity index (χ3v) is 4.83. The van der Waals surface area contributed by atoms with Crippen LogP contribution in [0, 0.1) is 13.8 Å². The monoisotopic (exact) mass is 414 g/mol. The van der Waals surface area contributed by atoms with Crippen LogP contribution in [0.15, 0.2) is 53.1 Å². The van der Waals surface area contributed by atoms with E-state index in [2.05, 4.69) is 15.9 Å². The second-order valence-corrected chi connectivity index (χ2v) is 7.02. The number of hydrogen-bond donors (Lipinski definition) is 0. The van der Waals surface area contributed by atoms with Crippen molar-refractivity contribution in [2.24, 2.45) is 7.05 Å². The average Bonchev–Trinajstić information content (AvgIpc) is 3.17. The van der Waals surface area contributed by atoms with Crippen LogP contribution < -0.4 is 0 Å². The highest BCUT2D eigenvalue weighted by Gasteiger charge is 2.19. The maximum Gasteiger partial charge on any atom is 0.355 e. The Hall–Kier alpha value is -2.60. The van der Waals surface area contributed by atoms with Crippen molar-refractivity contribution in [3.05, 3.63) is 75.8 Å². The Labute approximate surface area is 160 Å². The maximum absolute atomic E-state index is 12.6. The van der Waals surface area contributed by atoms with Gasteiger partial charge < -0.3 is 13.9 Å². The molecule has 0 amide bonds. The van der Waals surface area contributed by atoms with Crippen LogP contribution in [0.2, 0.25) is 0 Å². The number of aryl methyl sites for hydroxylation is 2. The Balaban J connectivity index is 1.78. The highest BCUT2D eigenvalue weighted by atomic mass is 79.9. The molecule has 26 heavy (non-hydrogen) atoms. The van der Waals surface area contributed by atoms with Crippen LogP contribution in [0.3, 0.4) is 0 Å². The molecular weight excluding hydrogens is 396 g/mol. The molecule has 1 aromatic carbocycles. The molecule has 2 heterocycles. The highest BCUT2D eigenvalue weighted by molar-refractivity contribution is 9.10. The summed E-state index contributed by atoms with van der Waals surface area (Å²) in [6.45, 7) is 3.55. The second-order valence-electron chi connectivity index (χ2n) is 6.10. The van der Waals surface area contributed by atoms with Gasteiger partial charge in [-0.2, -0.15) is 0 Å². The molecule has 3 aromatic rings. The summed E-state index contributed by atoms with van der Waals surface area (Å²) < 4.78 is 9.85. The summed E-state index contributed by atoms with van der Waals surface area (Å²) in [5.41, 5.74) is 3.72. The molecule has 0 spiro atoms. The van der Waals surface area contributed by atoms with E-state index < -0.39 is 5.97 Å². The molecule has 0 aliphatic rings. The standard InChI is InChI=1S/C20H19BrN2O3/c1-13-11-17(14(2)23(13)16-8-6-15(21)7-9-16)19(24)12-26-20(25)18-5-4-10-22(18)3/h4-11H,12H2,1-3H3. The molecule has 0 atom stereocenters. The Morgan fingerprint density at radius 2 is 1.81 bits per heavy atom. The molecule has 0 radical (unpaired) electrons. The van der Waals surface area contributed by atoms with Crippen LogP contribution in [0.4, 0.5) is 0 Å². The van der Waals surface area contributed by atoms with Crippen molar-refractivity contribution in [2.75, 3.05) is 6.61 Å². The molecule has 134 valence electrons. The van der Waals surface area contributed by atoms with Crippen molar-refractivity contribution >= 4 is 27.7 Å². The number of rotatable bonds is 5. The van der Waals surface area contributed by atoms with Gasteiger partial charge in [-0.3, -0.25) is 4.79 Å². The highest BCUT2D eigenvalue weighted by Crippen LogP contribution is 2.23. The van der Waals surface area contributed by atoms with Gasteiger partial charge in [0.15, 0.2) is 6.61 Å². The minimum absolute atomic E-state index is 0.218. The zero-order valence-corrected chi connectivity index (χ0v) is 16.4. The quantitative estimate of drug-likeness (QED) is 0.463. The average molecular weight is 415 g/mol. The zero-order chi connectivity index (χ0) is 18.8. The van der Waals surface area contributed by atoms with Crippen LogP contribution >= 0.6 is 15.9 Å². The van der Waals surface area contributed by atoms with Crippen molar-refractivity contribution in [2.45, 2.75) is 13.8 Å². The van der Waals surface area contributed by atoms with E-state index in [1.165, 1.54) is 0 Å². The third-order valence-electron chi connectivity index (χ3n) is 4.30. The van der Waals surface area contributed by atoms with Gasteiger partial charge in [-0.05, 0) is 56.3 Å². The van der Waals surface area contributed by atoms with E-state index >= 15 is 0 Å². The molecule has 2 aromatic heterocycles. The van der Waals surface area contributed by atoms with Crippen LogP contribution in [-0.2, 0) is 11.8 Å². The topological polar surface area (TPSA) is 53.2 Å². The first-order valence-corrected chi connectivity index (χ1v) is 8.94. The van der Waals surface area contributed by atoms with Crippen molar-refractivity contribution in [3.8, 4) is 5.69 Å². The van der Waals surface area contributed by atoms with E-state index in [1.807, 2.05) is 48.7 Å². The lowest BCUT2D eigenvalue weighted by molar-refractivity contribution is 0.0465. The van der Waals surface area contributed by atoms with Crippen molar-refractivity contribution in [1.82, 2.24) is 9.13 Å². The van der Waals surface area contributed by atoms with Gasteiger partial charge in [-0.15, -0.1) is 0 Å². The van der Waals surface area contributed by atoms with Gasteiger partial charge >= 0.3 is 5.97 Å². The fourth-order valence-electron chi connectivity index (χ4n) is 2.99. The van der Waals surface area contributed by atoms with Crippen molar-refractivity contribution in [1.29, 1.82) is 0 Å². The number of halogens is 1. The summed E-state index contributed by atoms with van der Waals surface area (Å²) in [6, 6.07) is 13.1. The summed E-state index contributed by atoms with van der Waals surface area (Å²) in [7, 11) is 1.75. The first kappa shape index (κ1) is 18.2. The van der Waals surface area contributed by atoms with E-state index in [-0.39, 0.29) is 12.4 Å². The van der Waals surface area contributed by atoms with Gasteiger partial charge in [-0.25, -0.2) is 4.79 Å². The van der Waals surface area contributed by atoms with E-state index in [9.17, 15) is 9.59 Å². The number of hydrogen-bond acceptors (Lipinski definition) is 3. The molecule has 0 bridgehead atoms. The summed E-state index contributed by atoms with van der Waals surface area (Å²) >= 11 is 3.43. The van der Waals surface area contributed by atoms with E-state index in [0.29, 0.717) is 11.3 Å². The molecule has 3 rings (SSSR count). The Morgan fingerprint density at radius 1 is 1.12 bits per heavy atom. The largest absolute Gasteiger partial charge is 0.453 e. The first-order chi connectivity index (χ1) is 12.4. The Morgan fingerprint density at radius 3 is 2.42 bits per heavy atom. The van der Waals surface area contributed by atoms with Gasteiger partial charge in [-0.1, -0.05) is 15.9 Å². The van der Waals surface area contributed by atoms with Gasteiger partial charge in [0.05, 0.1) is 0 Å². The van der Waals surface area contributed by atoms with Gasteiger partial charge in [0.25, 0.3) is 0 Å². The van der Waals surface area contributed by atoms with Crippen molar-refractivity contribution < 1.29 is 14.3 Å². The minimum atomic E-state index is -0.507. The van der Waals surface area contributed by atoms with Gasteiger partial charge in [0, 0.05) is 40.4 Å². The lowest BCUT2D eigenvalue weighted by Crippen LogP contribution is -2.16. The second kappa shape index (κ2) is 7.33. The first-order valence-electron chi connectivity index (χ1n) is 8.15. The number of ether oxygens (including phenoxy) is 1. The van der Waals surface area contributed by atoms with Crippen LogP contribution in [0.25, 0.3) is 5.69 Å². The zero-order valence-electron chi connectivity index (χ0n) is 14.8. The number of esters is 1. The predicted octanol–water partition coefficient (Wildman–Crippen LogP) is 4.23.